The van der Waals surface area contributed by atoms with E-state index in [2.05, 4.69) is 70.0 Å². The summed E-state index contributed by atoms with van der Waals surface area (Å²) in [6.45, 7) is 4.18. The van der Waals surface area contributed by atoms with Gasteiger partial charge in [-0.2, -0.15) is 0 Å². The summed E-state index contributed by atoms with van der Waals surface area (Å²) >= 11 is 7.00. The van der Waals surface area contributed by atoms with Crippen molar-refractivity contribution in [3.63, 3.8) is 0 Å². The molecular weight excluding hydrogens is 292 g/mol. The maximum atomic E-state index is 3.54. The molecule has 0 aliphatic heterocycles. The van der Waals surface area contributed by atoms with E-state index in [1.807, 2.05) is 0 Å². The Balaban J connectivity index is 3.19. The van der Waals surface area contributed by atoms with E-state index in [1.54, 1.807) is 0 Å². The van der Waals surface area contributed by atoms with E-state index in [4.69, 9.17) is 0 Å². The van der Waals surface area contributed by atoms with Crippen LogP contribution in [0.3, 0.4) is 0 Å². The van der Waals surface area contributed by atoms with Gasteiger partial charge in [0.25, 0.3) is 0 Å². The van der Waals surface area contributed by atoms with Gasteiger partial charge in [-0.3, -0.25) is 0 Å². The summed E-state index contributed by atoms with van der Waals surface area (Å²) in [5, 5.41) is 0.907. The standard InChI is InChI=1S/C11H12Br2/c1-3-8(2)10-6-9(7-12)4-5-11(10)13/h3-6H,7H2,1-2H3. The van der Waals surface area contributed by atoms with Crippen LogP contribution in [0.25, 0.3) is 5.57 Å². The summed E-state index contributed by atoms with van der Waals surface area (Å²) in [4.78, 5) is 0. The molecule has 1 aromatic carbocycles. The highest BCUT2D eigenvalue weighted by Crippen LogP contribution is 2.25. The maximum Gasteiger partial charge on any atom is 0.0283 e. The summed E-state index contributed by atoms with van der Waals surface area (Å²) in [5.74, 6) is 0. The Morgan fingerprint density at radius 1 is 1.46 bits per heavy atom. The molecule has 2 heteroatoms. The van der Waals surface area contributed by atoms with E-state index in [-0.39, 0.29) is 0 Å². The van der Waals surface area contributed by atoms with Gasteiger partial charge in [0.05, 0.1) is 0 Å². The fraction of sp³-hybridized carbons (Fsp3) is 0.273. The normalized spacial score (nSPS) is 11.8. The Morgan fingerprint density at radius 3 is 2.69 bits per heavy atom. The smallest absolute Gasteiger partial charge is 0.0283 e. The molecule has 0 heterocycles. The van der Waals surface area contributed by atoms with Gasteiger partial charge in [-0.05, 0) is 42.7 Å². The van der Waals surface area contributed by atoms with Crippen LogP contribution < -0.4 is 0 Å². The number of rotatable bonds is 2. The lowest BCUT2D eigenvalue weighted by atomic mass is 10.1. The molecule has 0 saturated carbocycles. The number of alkyl halides is 1. The van der Waals surface area contributed by atoms with Crippen LogP contribution in [-0.4, -0.2) is 0 Å². The van der Waals surface area contributed by atoms with Crippen LogP contribution in [0.15, 0.2) is 28.7 Å². The maximum absolute atomic E-state index is 3.54. The Hall–Kier alpha value is -0.0800. The first-order valence-electron chi connectivity index (χ1n) is 4.16. The van der Waals surface area contributed by atoms with Crippen molar-refractivity contribution >= 4 is 37.4 Å². The Morgan fingerprint density at radius 2 is 2.15 bits per heavy atom. The molecule has 1 rings (SSSR count). The molecule has 13 heavy (non-hydrogen) atoms. The van der Waals surface area contributed by atoms with Gasteiger partial charge < -0.3 is 0 Å². The van der Waals surface area contributed by atoms with Crippen molar-refractivity contribution < 1.29 is 0 Å². The second-order valence-electron chi connectivity index (χ2n) is 2.92. The van der Waals surface area contributed by atoms with Gasteiger partial charge in [-0.1, -0.05) is 44.0 Å². The van der Waals surface area contributed by atoms with Crippen molar-refractivity contribution in [1.82, 2.24) is 0 Å². The Kier molecular flexibility index (Phi) is 4.20. The molecule has 0 nitrogen and oxygen atoms in total. The minimum absolute atomic E-state index is 0.907. The van der Waals surface area contributed by atoms with E-state index in [9.17, 15) is 0 Å². The Labute approximate surface area is 96.3 Å². The zero-order valence-corrected chi connectivity index (χ0v) is 10.9. The predicted octanol–water partition coefficient (Wildman–Crippen LogP) is 4.77. The summed E-state index contributed by atoms with van der Waals surface area (Å²) < 4.78 is 1.16. The molecule has 0 aromatic heterocycles. The predicted molar refractivity (Wildman–Crippen MR) is 66.1 cm³/mol. The summed E-state index contributed by atoms with van der Waals surface area (Å²) in [6.07, 6.45) is 2.12. The first-order valence-corrected chi connectivity index (χ1v) is 6.08. The summed E-state index contributed by atoms with van der Waals surface area (Å²) in [5.41, 5.74) is 3.88. The van der Waals surface area contributed by atoms with E-state index in [0.29, 0.717) is 0 Å². The number of allylic oxidation sites excluding steroid dienone is 2. The molecule has 0 saturated heterocycles. The lowest BCUT2D eigenvalue weighted by Crippen LogP contribution is -1.85. The molecular formula is C11H12Br2. The third-order valence-electron chi connectivity index (χ3n) is 2.04. The quantitative estimate of drug-likeness (QED) is 0.691. The molecule has 0 radical (unpaired) electrons. The second kappa shape index (κ2) is 4.97. The third-order valence-corrected chi connectivity index (χ3v) is 3.38. The van der Waals surface area contributed by atoms with Crippen molar-refractivity contribution in [3.05, 3.63) is 39.9 Å². The van der Waals surface area contributed by atoms with Gasteiger partial charge in [-0.25, -0.2) is 0 Å². The molecule has 0 amide bonds. The molecule has 0 aliphatic rings. The molecule has 1 aromatic rings. The van der Waals surface area contributed by atoms with Crippen molar-refractivity contribution in [2.24, 2.45) is 0 Å². The van der Waals surface area contributed by atoms with Crippen LogP contribution in [-0.2, 0) is 5.33 Å². The van der Waals surface area contributed by atoms with Gasteiger partial charge in [0, 0.05) is 9.80 Å². The second-order valence-corrected chi connectivity index (χ2v) is 4.33. The first-order chi connectivity index (χ1) is 6.19. The van der Waals surface area contributed by atoms with Crippen LogP contribution in [0.1, 0.15) is 25.0 Å². The highest BCUT2D eigenvalue weighted by atomic mass is 79.9. The van der Waals surface area contributed by atoms with Gasteiger partial charge in [-0.15, -0.1) is 0 Å². The minimum atomic E-state index is 0.907. The summed E-state index contributed by atoms with van der Waals surface area (Å²) in [7, 11) is 0. The van der Waals surface area contributed by atoms with Gasteiger partial charge in [0.2, 0.25) is 0 Å². The SMILES string of the molecule is CC=C(C)c1cc(CBr)ccc1Br. The monoisotopic (exact) mass is 302 g/mol. The highest BCUT2D eigenvalue weighted by Gasteiger charge is 2.01. The van der Waals surface area contributed by atoms with Gasteiger partial charge in [0.1, 0.15) is 0 Å². The molecule has 0 atom stereocenters. The lowest BCUT2D eigenvalue weighted by Gasteiger charge is -2.06. The molecule has 0 N–H and O–H groups in total. The van der Waals surface area contributed by atoms with Crippen LogP contribution in [0, 0.1) is 0 Å². The van der Waals surface area contributed by atoms with E-state index in [1.165, 1.54) is 16.7 Å². The van der Waals surface area contributed by atoms with Crippen molar-refractivity contribution in [3.8, 4) is 0 Å². The fourth-order valence-corrected chi connectivity index (χ4v) is 2.02. The van der Waals surface area contributed by atoms with Crippen LogP contribution in [0.4, 0.5) is 0 Å². The van der Waals surface area contributed by atoms with Crippen LogP contribution in [0.2, 0.25) is 0 Å². The van der Waals surface area contributed by atoms with Gasteiger partial charge >= 0.3 is 0 Å². The largest absolute Gasteiger partial charge is 0.0876 e. The Bertz CT molecular complexity index is 327. The number of halogens is 2. The zero-order chi connectivity index (χ0) is 9.84. The molecule has 0 aliphatic carbocycles. The average molecular weight is 304 g/mol. The summed E-state index contributed by atoms with van der Waals surface area (Å²) in [6, 6.07) is 6.42. The van der Waals surface area contributed by atoms with E-state index >= 15 is 0 Å². The molecule has 0 bridgehead atoms. The third kappa shape index (κ3) is 2.68. The number of hydrogen-bond donors (Lipinski definition) is 0. The highest BCUT2D eigenvalue weighted by molar-refractivity contribution is 9.10. The number of benzene rings is 1. The van der Waals surface area contributed by atoms with Crippen LogP contribution in [0.5, 0.6) is 0 Å². The molecule has 70 valence electrons. The van der Waals surface area contributed by atoms with Crippen LogP contribution >= 0.6 is 31.9 Å². The topological polar surface area (TPSA) is 0 Å². The number of hydrogen-bond acceptors (Lipinski definition) is 0. The van der Waals surface area contributed by atoms with E-state index < -0.39 is 0 Å². The van der Waals surface area contributed by atoms with Crippen molar-refractivity contribution in [2.45, 2.75) is 19.2 Å². The van der Waals surface area contributed by atoms with E-state index in [0.717, 1.165) is 9.80 Å². The molecule has 0 spiro atoms. The first kappa shape index (κ1) is 11.0. The lowest BCUT2D eigenvalue weighted by molar-refractivity contribution is 1.39. The van der Waals surface area contributed by atoms with Crippen molar-refractivity contribution in [2.75, 3.05) is 0 Å². The molecule has 0 unspecified atom stereocenters. The fourth-order valence-electron chi connectivity index (χ4n) is 1.11. The average Bonchev–Trinajstić information content (AvgIpc) is 2.17. The minimum Gasteiger partial charge on any atom is -0.0876 e. The van der Waals surface area contributed by atoms with Gasteiger partial charge in [0.15, 0.2) is 0 Å². The van der Waals surface area contributed by atoms with Crippen molar-refractivity contribution in [1.29, 1.82) is 0 Å². The zero-order valence-electron chi connectivity index (χ0n) is 7.77. The molecule has 0 fully saturated rings.